The largest absolute Gasteiger partial charge is 0.383 e. The van der Waals surface area contributed by atoms with E-state index in [2.05, 4.69) is 0 Å². The second-order valence-electron chi connectivity index (χ2n) is 5.71. The summed E-state index contributed by atoms with van der Waals surface area (Å²) in [5.74, 6) is 0. The third kappa shape index (κ3) is 4.84. The maximum atomic E-state index is 11.4. The Morgan fingerprint density at radius 3 is 2.07 bits per heavy atom. The lowest BCUT2D eigenvalue weighted by Crippen LogP contribution is -2.03. The van der Waals surface area contributed by atoms with E-state index in [4.69, 9.17) is 23.2 Å². The minimum Gasteiger partial charge on any atom is -0.383 e. The highest BCUT2D eigenvalue weighted by molar-refractivity contribution is 6.33. The number of rotatable bonds is 6. The van der Waals surface area contributed by atoms with Gasteiger partial charge in [0.2, 0.25) is 0 Å². The van der Waals surface area contributed by atoms with Gasteiger partial charge in [0.05, 0.1) is 21.0 Å². The number of hydrogen-bond acceptors (Lipinski definition) is 5. The van der Waals surface area contributed by atoms with E-state index in [0.29, 0.717) is 11.1 Å². The van der Waals surface area contributed by atoms with Gasteiger partial charge in [0.1, 0.15) is 10.0 Å². The quantitative estimate of drug-likeness (QED) is 0.361. The van der Waals surface area contributed by atoms with E-state index in [9.17, 15) is 20.2 Å². The van der Waals surface area contributed by atoms with Crippen molar-refractivity contribution in [1.29, 1.82) is 0 Å². The van der Waals surface area contributed by atoms with E-state index in [1.54, 1.807) is 55.5 Å². The second-order valence-corrected chi connectivity index (χ2v) is 6.52. The second kappa shape index (κ2) is 8.66. The average molecular weight is 408 g/mol. The zero-order valence-corrected chi connectivity index (χ0v) is 15.9. The summed E-state index contributed by atoms with van der Waals surface area (Å²) in [5, 5.41) is 22.7. The zero-order valence-electron chi connectivity index (χ0n) is 14.4. The Kier molecular flexibility index (Phi) is 6.55. The topological polar surface area (TPSA) is 89.5 Å². The summed E-state index contributed by atoms with van der Waals surface area (Å²) in [5.41, 5.74) is 0.560. The van der Waals surface area contributed by atoms with Crippen molar-refractivity contribution in [1.82, 2.24) is 4.90 Å². The van der Waals surface area contributed by atoms with Crippen molar-refractivity contribution < 1.29 is 9.85 Å². The van der Waals surface area contributed by atoms with Gasteiger partial charge in [-0.1, -0.05) is 41.4 Å². The van der Waals surface area contributed by atoms with Gasteiger partial charge < -0.3 is 4.90 Å². The fourth-order valence-electron chi connectivity index (χ4n) is 2.45. The molecule has 0 amide bonds. The van der Waals surface area contributed by atoms with Crippen LogP contribution in [-0.4, -0.2) is 28.8 Å². The van der Waals surface area contributed by atoms with Crippen LogP contribution in [0.3, 0.4) is 0 Å². The Labute approximate surface area is 165 Å². The SMILES string of the molecule is CN(C)/C=C(\C=C\c1cccc(Cl)c1[N+](=O)[O-])c1cccc(Cl)c1[N+](=O)[O-]. The lowest BCUT2D eigenvalue weighted by atomic mass is 10.0. The molecule has 0 saturated carbocycles. The van der Waals surface area contributed by atoms with Gasteiger partial charge in [0, 0.05) is 25.9 Å². The Bertz CT molecular complexity index is 956. The van der Waals surface area contributed by atoms with Gasteiger partial charge in [0.15, 0.2) is 0 Å². The van der Waals surface area contributed by atoms with Crippen LogP contribution in [0.1, 0.15) is 11.1 Å². The highest BCUT2D eigenvalue weighted by Gasteiger charge is 2.21. The van der Waals surface area contributed by atoms with Crippen LogP contribution in [0.15, 0.2) is 48.7 Å². The molecule has 0 bridgehead atoms. The highest BCUT2D eigenvalue weighted by atomic mass is 35.5. The van der Waals surface area contributed by atoms with Gasteiger partial charge in [-0.3, -0.25) is 20.2 Å². The van der Waals surface area contributed by atoms with Gasteiger partial charge in [0.25, 0.3) is 11.4 Å². The minimum atomic E-state index is -0.570. The van der Waals surface area contributed by atoms with Crippen LogP contribution in [0, 0.1) is 20.2 Å². The van der Waals surface area contributed by atoms with Gasteiger partial charge >= 0.3 is 0 Å². The Morgan fingerprint density at radius 1 is 0.963 bits per heavy atom. The Morgan fingerprint density at radius 2 is 1.52 bits per heavy atom. The van der Waals surface area contributed by atoms with E-state index in [-0.39, 0.29) is 27.0 Å². The molecule has 0 aliphatic carbocycles. The van der Waals surface area contributed by atoms with Crippen LogP contribution in [0.25, 0.3) is 11.6 Å². The van der Waals surface area contributed by atoms with Crippen LogP contribution in [0.2, 0.25) is 10.0 Å². The molecule has 0 saturated heterocycles. The molecule has 27 heavy (non-hydrogen) atoms. The first kappa shape index (κ1) is 20.4. The van der Waals surface area contributed by atoms with Gasteiger partial charge in [-0.05, 0) is 30.3 Å². The van der Waals surface area contributed by atoms with E-state index >= 15 is 0 Å². The van der Waals surface area contributed by atoms with Crippen LogP contribution in [0.5, 0.6) is 0 Å². The molecule has 0 atom stereocenters. The van der Waals surface area contributed by atoms with Gasteiger partial charge in [-0.2, -0.15) is 0 Å². The fourth-order valence-corrected chi connectivity index (χ4v) is 2.95. The molecular weight excluding hydrogens is 393 g/mol. The molecule has 0 N–H and O–H groups in total. The van der Waals surface area contributed by atoms with E-state index < -0.39 is 9.85 Å². The maximum absolute atomic E-state index is 11.4. The molecule has 0 fully saturated rings. The van der Waals surface area contributed by atoms with Crippen LogP contribution in [0.4, 0.5) is 11.4 Å². The highest BCUT2D eigenvalue weighted by Crippen LogP contribution is 2.35. The summed E-state index contributed by atoms with van der Waals surface area (Å²) in [4.78, 5) is 23.3. The first-order chi connectivity index (χ1) is 12.7. The summed E-state index contributed by atoms with van der Waals surface area (Å²) in [6.07, 6.45) is 4.70. The smallest absolute Gasteiger partial charge is 0.295 e. The van der Waals surface area contributed by atoms with E-state index in [1.807, 2.05) is 0 Å². The lowest BCUT2D eigenvalue weighted by molar-refractivity contribution is -0.385. The van der Waals surface area contributed by atoms with Crippen molar-refractivity contribution in [2.24, 2.45) is 0 Å². The number of hydrogen-bond donors (Lipinski definition) is 0. The predicted octanol–water partition coefficient (Wildman–Crippen LogP) is 5.43. The predicted molar refractivity (Wildman–Crippen MR) is 107 cm³/mol. The van der Waals surface area contributed by atoms with Crippen molar-refractivity contribution in [3.63, 3.8) is 0 Å². The van der Waals surface area contributed by atoms with Crippen molar-refractivity contribution in [2.75, 3.05) is 14.1 Å². The molecule has 140 valence electrons. The lowest BCUT2D eigenvalue weighted by Gasteiger charge is -2.10. The monoisotopic (exact) mass is 407 g/mol. The molecule has 2 aromatic carbocycles. The molecule has 0 heterocycles. The van der Waals surface area contributed by atoms with Crippen molar-refractivity contribution in [3.05, 3.63) is 90.1 Å². The summed E-state index contributed by atoms with van der Waals surface area (Å²) < 4.78 is 0. The first-order valence-corrected chi connectivity index (χ1v) is 8.40. The van der Waals surface area contributed by atoms with Crippen LogP contribution < -0.4 is 0 Å². The molecule has 0 spiro atoms. The zero-order chi connectivity index (χ0) is 20.1. The third-order valence-corrected chi connectivity index (χ3v) is 4.13. The molecule has 7 nitrogen and oxygen atoms in total. The summed E-state index contributed by atoms with van der Waals surface area (Å²) in [6, 6.07) is 9.16. The number of nitro benzene ring substituents is 2. The standard InChI is InChI=1S/C18H15Cl2N3O4/c1-21(2)11-13(14-6-4-8-16(20)18(14)23(26)27)10-9-12-5-3-7-15(19)17(12)22(24)25/h3-11H,1-2H3/b10-9+,13-11+. The fraction of sp³-hybridized carbons (Fsp3) is 0.111. The van der Waals surface area contributed by atoms with E-state index in [0.717, 1.165) is 0 Å². The molecule has 0 radical (unpaired) electrons. The summed E-state index contributed by atoms with van der Waals surface area (Å²) >= 11 is 11.9. The molecule has 2 rings (SSSR count). The minimum absolute atomic E-state index is 0.00397. The number of nitro groups is 2. The molecule has 9 heteroatoms. The molecule has 0 aliphatic heterocycles. The average Bonchev–Trinajstić information content (AvgIpc) is 2.57. The summed E-state index contributed by atoms with van der Waals surface area (Å²) in [7, 11) is 3.51. The third-order valence-electron chi connectivity index (χ3n) is 3.52. The van der Waals surface area contributed by atoms with Crippen LogP contribution in [-0.2, 0) is 0 Å². The Balaban J connectivity index is 2.62. The van der Waals surface area contributed by atoms with Crippen molar-refractivity contribution in [3.8, 4) is 0 Å². The normalized spacial score (nSPS) is 11.6. The van der Waals surface area contributed by atoms with Crippen molar-refractivity contribution >= 4 is 46.2 Å². The number of benzene rings is 2. The van der Waals surface area contributed by atoms with E-state index in [1.165, 1.54) is 18.2 Å². The molecule has 0 aromatic heterocycles. The number of nitrogens with zero attached hydrogens (tertiary/aromatic N) is 3. The summed E-state index contributed by atoms with van der Waals surface area (Å²) in [6.45, 7) is 0. The molecule has 2 aromatic rings. The number of para-hydroxylation sites is 2. The number of halogens is 2. The maximum Gasteiger partial charge on any atom is 0.295 e. The molecule has 0 aliphatic rings. The van der Waals surface area contributed by atoms with Crippen molar-refractivity contribution in [2.45, 2.75) is 0 Å². The molecule has 0 unspecified atom stereocenters. The van der Waals surface area contributed by atoms with Gasteiger partial charge in [-0.15, -0.1) is 0 Å². The molecular formula is C18H15Cl2N3O4. The number of allylic oxidation sites excluding steroid dienone is 2. The first-order valence-electron chi connectivity index (χ1n) is 7.65. The van der Waals surface area contributed by atoms with Crippen LogP contribution >= 0.6 is 23.2 Å². The van der Waals surface area contributed by atoms with Gasteiger partial charge in [-0.25, -0.2) is 0 Å². The Hall–Kier alpha value is -2.90.